The molecule has 1 N–H and O–H groups in total. The van der Waals surface area contributed by atoms with E-state index in [4.69, 9.17) is 5.11 Å². The van der Waals surface area contributed by atoms with Crippen molar-refractivity contribution in [3.05, 3.63) is 0 Å². The van der Waals surface area contributed by atoms with Gasteiger partial charge in [-0.15, -0.1) is 0 Å². The van der Waals surface area contributed by atoms with E-state index in [1.165, 1.54) is 32.6 Å². The first-order chi connectivity index (χ1) is 6.77. The molecule has 0 rings (SSSR count). The molecule has 0 aliphatic heterocycles. The van der Waals surface area contributed by atoms with Gasteiger partial charge in [0.25, 0.3) is 0 Å². The van der Waals surface area contributed by atoms with Gasteiger partial charge >= 0.3 is 0 Å². The Morgan fingerprint density at radius 1 is 1.07 bits per heavy atom. The lowest BCUT2D eigenvalue weighted by molar-refractivity contribution is -0.542. The highest BCUT2D eigenvalue weighted by Crippen LogP contribution is 2.04. The molecular formula is C10H22O4. The fraction of sp³-hybridized carbons (Fsp3) is 1.00. The van der Waals surface area contributed by atoms with Crippen molar-refractivity contribution in [3.63, 3.8) is 0 Å². The predicted octanol–water partition coefficient (Wildman–Crippen LogP) is 2.57. The maximum atomic E-state index is 8.62. The first-order valence-electron chi connectivity index (χ1n) is 5.40. The molecule has 0 aromatic heterocycles. The highest BCUT2D eigenvalue weighted by atomic mass is 17.5. The summed E-state index contributed by atoms with van der Waals surface area (Å²) in [5.74, 6) is 0. The highest BCUT2D eigenvalue weighted by Gasteiger charge is 1.96. The second-order valence-electron chi connectivity index (χ2n) is 3.35. The third-order valence-corrected chi connectivity index (χ3v) is 1.81. The molecule has 1 unspecified atom stereocenters. The minimum absolute atomic E-state index is 0.513. The van der Waals surface area contributed by atoms with Crippen molar-refractivity contribution in [2.75, 3.05) is 6.61 Å². The Bertz CT molecular complexity index is 106. The Hall–Kier alpha value is -0.160. The van der Waals surface area contributed by atoms with E-state index in [0.29, 0.717) is 6.61 Å². The fourth-order valence-electron chi connectivity index (χ4n) is 1.06. The molecule has 0 amide bonds. The van der Waals surface area contributed by atoms with E-state index in [9.17, 15) is 0 Å². The van der Waals surface area contributed by atoms with E-state index in [2.05, 4.69) is 21.7 Å². The molecule has 1 atom stereocenters. The largest absolute Gasteiger partial charge is 0.366 e. The molecule has 4 nitrogen and oxygen atoms in total. The van der Waals surface area contributed by atoms with Crippen molar-refractivity contribution < 1.29 is 19.9 Å². The number of hydrogen-bond acceptors (Lipinski definition) is 4. The molecule has 0 aliphatic carbocycles. The van der Waals surface area contributed by atoms with E-state index in [1.54, 1.807) is 0 Å². The second-order valence-corrected chi connectivity index (χ2v) is 3.35. The van der Waals surface area contributed by atoms with Crippen LogP contribution >= 0.6 is 0 Å². The summed E-state index contributed by atoms with van der Waals surface area (Å²) >= 11 is 0. The SMILES string of the molecule is CCCCCCCCOOOC(C)O. The molecule has 86 valence electrons. The van der Waals surface area contributed by atoms with Crippen molar-refractivity contribution in [1.82, 2.24) is 0 Å². The molecule has 4 heteroatoms. The Morgan fingerprint density at radius 2 is 1.71 bits per heavy atom. The van der Waals surface area contributed by atoms with Crippen LogP contribution in [0.15, 0.2) is 0 Å². The molecule has 0 spiro atoms. The molecule has 0 heterocycles. The van der Waals surface area contributed by atoms with Gasteiger partial charge in [-0.1, -0.05) is 44.1 Å². The van der Waals surface area contributed by atoms with Gasteiger partial charge in [-0.25, -0.2) is 4.89 Å². The minimum atomic E-state index is -0.945. The molecule has 0 fully saturated rings. The number of aliphatic hydroxyl groups excluding tert-OH is 1. The minimum Gasteiger partial charge on any atom is -0.366 e. The van der Waals surface area contributed by atoms with Crippen LogP contribution in [0.4, 0.5) is 0 Å². The Morgan fingerprint density at radius 3 is 2.36 bits per heavy atom. The summed E-state index contributed by atoms with van der Waals surface area (Å²) < 4.78 is 0. The maximum Gasteiger partial charge on any atom is 0.188 e. The summed E-state index contributed by atoms with van der Waals surface area (Å²) in [5, 5.41) is 12.9. The molecule has 0 aliphatic rings. The molecular weight excluding hydrogens is 184 g/mol. The molecule has 0 aromatic carbocycles. The van der Waals surface area contributed by atoms with Gasteiger partial charge in [-0.3, -0.25) is 0 Å². The van der Waals surface area contributed by atoms with Crippen molar-refractivity contribution in [2.24, 2.45) is 0 Å². The van der Waals surface area contributed by atoms with Gasteiger partial charge in [0.2, 0.25) is 0 Å². The number of unbranched alkanes of at least 4 members (excludes halogenated alkanes) is 5. The predicted molar refractivity (Wildman–Crippen MR) is 53.2 cm³/mol. The molecule has 0 saturated carbocycles. The molecule has 0 bridgehead atoms. The van der Waals surface area contributed by atoms with Crippen LogP contribution in [0.2, 0.25) is 0 Å². The van der Waals surface area contributed by atoms with Crippen LogP contribution in [0.1, 0.15) is 52.4 Å². The smallest absolute Gasteiger partial charge is 0.188 e. The van der Waals surface area contributed by atoms with Crippen molar-refractivity contribution in [3.8, 4) is 0 Å². The van der Waals surface area contributed by atoms with Crippen molar-refractivity contribution >= 4 is 0 Å². The molecule has 14 heavy (non-hydrogen) atoms. The lowest BCUT2D eigenvalue weighted by Crippen LogP contribution is -2.08. The quantitative estimate of drug-likeness (QED) is 0.258. The van der Waals surface area contributed by atoms with Gasteiger partial charge < -0.3 is 5.11 Å². The van der Waals surface area contributed by atoms with Crippen LogP contribution in [0, 0.1) is 0 Å². The number of rotatable bonds is 10. The van der Waals surface area contributed by atoms with Crippen LogP contribution in [0.5, 0.6) is 0 Å². The van der Waals surface area contributed by atoms with Gasteiger partial charge in [0.15, 0.2) is 6.29 Å². The van der Waals surface area contributed by atoms with Crippen LogP contribution in [-0.2, 0) is 14.8 Å². The average molecular weight is 206 g/mol. The highest BCUT2D eigenvalue weighted by molar-refractivity contribution is 4.42. The van der Waals surface area contributed by atoms with Crippen molar-refractivity contribution in [2.45, 2.75) is 58.7 Å². The summed E-state index contributed by atoms with van der Waals surface area (Å²) in [6, 6.07) is 0. The van der Waals surface area contributed by atoms with Gasteiger partial charge in [0.1, 0.15) is 0 Å². The lowest BCUT2D eigenvalue weighted by atomic mass is 10.1. The summed E-state index contributed by atoms with van der Waals surface area (Å²) in [6.45, 7) is 4.16. The summed E-state index contributed by atoms with van der Waals surface area (Å²) in [4.78, 5) is 8.99. The monoisotopic (exact) mass is 206 g/mol. The fourth-order valence-corrected chi connectivity index (χ4v) is 1.06. The molecule has 0 radical (unpaired) electrons. The Labute approximate surface area is 86.0 Å². The second kappa shape index (κ2) is 10.9. The van der Waals surface area contributed by atoms with Gasteiger partial charge in [-0.2, -0.15) is 4.89 Å². The van der Waals surface area contributed by atoms with E-state index in [1.807, 2.05) is 0 Å². The zero-order chi connectivity index (χ0) is 10.6. The third-order valence-electron chi connectivity index (χ3n) is 1.81. The molecule has 0 saturated heterocycles. The topological polar surface area (TPSA) is 47.9 Å². The maximum absolute atomic E-state index is 8.62. The zero-order valence-corrected chi connectivity index (χ0v) is 9.20. The average Bonchev–Trinajstić information content (AvgIpc) is 2.15. The first kappa shape index (κ1) is 13.8. The number of aliphatic hydroxyl groups is 1. The van der Waals surface area contributed by atoms with Gasteiger partial charge in [0, 0.05) is 0 Å². The van der Waals surface area contributed by atoms with Gasteiger partial charge in [-0.05, 0) is 13.3 Å². The van der Waals surface area contributed by atoms with E-state index in [0.717, 1.165) is 12.8 Å². The summed E-state index contributed by atoms with van der Waals surface area (Å²) in [7, 11) is 0. The Kier molecular flexibility index (Phi) is 10.8. The van der Waals surface area contributed by atoms with Crippen LogP contribution in [0.25, 0.3) is 0 Å². The van der Waals surface area contributed by atoms with Gasteiger partial charge in [0.05, 0.1) is 6.61 Å². The van der Waals surface area contributed by atoms with Crippen LogP contribution < -0.4 is 0 Å². The van der Waals surface area contributed by atoms with Crippen LogP contribution in [0.3, 0.4) is 0 Å². The van der Waals surface area contributed by atoms with E-state index in [-0.39, 0.29) is 0 Å². The third kappa shape index (κ3) is 11.8. The van der Waals surface area contributed by atoms with Crippen molar-refractivity contribution in [1.29, 1.82) is 0 Å². The standard InChI is InChI=1S/C10H22O4/c1-3-4-5-6-7-8-9-12-14-13-10(2)11/h10-11H,3-9H2,1-2H3. The summed E-state index contributed by atoms with van der Waals surface area (Å²) in [6.07, 6.45) is 6.28. The van der Waals surface area contributed by atoms with Crippen LogP contribution in [-0.4, -0.2) is 18.0 Å². The van der Waals surface area contributed by atoms with E-state index < -0.39 is 6.29 Å². The molecule has 0 aromatic rings. The Balaban J connectivity index is 2.85. The normalized spacial score (nSPS) is 13.1. The van der Waals surface area contributed by atoms with E-state index >= 15 is 0 Å². The first-order valence-corrected chi connectivity index (χ1v) is 5.40. The summed E-state index contributed by atoms with van der Waals surface area (Å²) in [5.41, 5.74) is 0. The zero-order valence-electron chi connectivity index (χ0n) is 9.20. The number of hydrogen-bond donors (Lipinski definition) is 1. The lowest BCUT2D eigenvalue weighted by Gasteiger charge is -2.04.